The zero-order chi connectivity index (χ0) is 15.9. The van der Waals surface area contributed by atoms with Crippen molar-refractivity contribution < 1.29 is 9.53 Å². The molecule has 22 heavy (non-hydrogen) atoms. The molecule has 1 atom stereocenters. The van der Waals surface area contributed by atoms with Crippen molar-refractivity contribution in [3.63, 3.8) is 0 Å². The van der Waals surface area contributed by atoms with E-state index in [1.807, 2.05) is 42.0 Å². The molecule has 1 aromatic carbocycles. The Morgan fingerprint density at radius 1 is 1.59 bits per heavy atom. The lowest BCUT2D eigenvalue weighted by Gasteiger charge is -2.12. The standard InChI is InChI=1S/C16H17N3O2S/c1-4-8-17-15(20)12(2)22-16-18-9-10-19(16)13-6-5-7-14(11-13)21-3/h1,5-7,9-12H,8H2,2-3H3,(H,17,20). The monoisotopic (exact) mass is 315 g/mol. The second-order valence-electron chi connectivity index (χ2n) is 4.46. The number of benzene rings is 1. The molecule has 1 aromatic heterocycles. The summed E-state index contributed by atoms with van der Waals surface area (Å²) in [6.45, 7) is 2.05. The zero-order valence-electron chi connectivity index (χ0n) is 12.4. The Bertz CT molecular complexity index is 691. The van der Waals surface area contributed by atoms with E-state index in [0.29, 0.717) is 0 Å². The molecular weight excluding hydrogens is 298 g/mol. The number of carbonyl (C=O) groups excluding carboxylic acids is 1. The Kier molecular flexibility index (Phi) is 5.50. The molecule has 1 N–H and O–H groups in total. The fourth-order valence-electron chi connectivity index (χ4n) is 1.83. The summed E-state index contributed by atoms with van der Waals surface area (Å²) in [5, 5.41) is 3.11. The summed E-state index contributed by atoms with van der Waals surface area (Å²) in [7, 11) is 1.63. The van der Waals surface area contributed by atoms with E-state index < -0.39 is 0 Å². The van der Waals surface area contributed by atoms with Crippen LogP contribution >= 0.6 is 11.8 Å². The third-order valence-electron chi connectivity index (χ3n) is 2.95. The molecule has 0 bridgehead atoms. The van der Waals surface area contributed by atoms with Gasteiger partial charge in [0.25, 0.3) is 0 Å². The maximum atomic E-state index is 11.9. The van der Waals surface area contributed by atoms with Gasteiger partial charge in [0.05, 0.1) is 24.6 Å². The van der Waals surface area contributed by atoms with Crippen molar-refractivity contribution in [1.82, 2.24) is 14.9 Å². The van der Waals surface area contributed by atoms with Gasteiger partial charge in [0.1, 0.15) is 5.75 Å². The predicted octanol–water partition coefficient (Wildman–Crippen LogP) is 2.11. The van der Waals surface area contributed by atoms with Gasteiger partial charge in [0, 0.05) is 18.5 Å². The summed E-state index contributed by atoms with van der Waals surface area (Å²) < 4.78 is 7.15. The van der Waals surface area contributed by atoms with Crippen LogP contribution in [0.3, 0.4) is 0 Å². The van der Waals surface area contributed by atoms with Crippen molar-refractivity contribution in [3.05, 3.63) is 36.7 Å². The molecule has 1 amide bonds. The minimum atomic E-state index is -0.292. The number of thioether (sulfide) groups is 1. The quantitative estimate of drug-likeness (QED) is 0.655. The van der Waals surface area contributed by atoms with Crippen LogP contribution in [0.25, 0.3) is 5.69 Å². The highest BCUT2D eigenvalue weighted by atomic mass is 32.2. The number of nitrogens with zero attached hydrogens (tertiary/aromatic N) is 2. The van der Waals surface area contributed by atoms with Crippen LogP contribution in [-0.2, 0) is 4.79 Å². The van der Waals surface area contributed by atoms with Gasteiger partial charge in [0.2, 0.25) is 5.91 Å². The molecule has 0 saturated heterocycles. The van der Waals surface area contributed by atoms with Gasteiger partial charge in [-0.1, -0.05) is 23.7 Å². The van der Waals surface area contributed by atoms with Crippen LogP contribution in [0, 0.1) is 12.3 Å². The first-order chi connectivity index (χ1) is 10.7. The number of ether oxygens (including phenoxy) is 1. The van der Waals surface area contributed by atoms with Gasteiger partial charge < -0.3 is 10.1 Å². The highest BCUT2D eigenvalue weighted by molar-refractivity contribution is 8.00. The van der Waals surface area contributed by atoms with Crippen molar-refractivity contribution in [2.24, 2.45) is 0 Å². The van der Waals surface area contributed by atoms with Crippen molar-refractivity contribution in [2.45, 2.75) is 17.3 Å². The summed E-state index contributed by atoms with van der Waals surface area (Å²) in [4.78, 5) is 16.2. The van der Waals surface area contributed by atoms with Crippen molar-refractivity contribution in [3.8, 4) is 23.8 Å². The van der Waals surface area contributed by atoms with E-state index in [0.717, 1.165) is 16.6 Å². The first-order valence-corrected chi connectivity index (χ1v) is 7.59. The molecule has 6 heteroatoms. The smallest absolute Gasteiger partial charge is 0.234 e. The Hall–Kier alpha value is -2.39. The molecule has 0 spiro atoms. The van der Waals surface area contributed by atoms with E-state index in [1.165, 1.54) is 11.8 Å². The van der Waals surface area contributed by atoms with Crippen LogP contribution in [0.15, 0.2) is 41.8 Å². The molecule has 0 aliphatic heterocycles. The number of aromatic nitrogens is 2. The van der Waals surface area contributed by atoms with Gasteiger partial charge in [-0.15, -0.1) is 6.42 Å². The molecule has 0 saturated carbocycles. The first kappa shape index (κ1) is 16.0. The highest BCUT2D eigenvalue weighted by Gasteiger charge is 2.17. The number of hydrogen-bond donors (Lipinski definition) is 1. The molecule has 2 rings (SSSR count). The molecular formula is C16H17N3O2S. The lowest BCUT2D eigenvalue weighted by molar-refractivity contribution is -0.120. The van der Waals surface area contributed by atoms with E-state index in [2.05, 4.69) is 16.2 Å². The second kappa shape index (κ2) is 7.57. The summed E-state index contributed by atoms with van der Waals surface area (Å²) in [6, 6.07) is 7.65. The Labute approximate surface area is 134 Å². The summed E-state index contributed by atoms with van der Waals surface area (Å²) in [6.07, 6.45) is 8.69. The topological polar surface area (TPSA) is 56.2 Å². The summed E-state index contributed by atoms with van der Waals surface area (Å²) in [5.74, 6) is 3.04. The molecule has 0 fully saturated rings. The van der Waals surface area contributed by atoms with E-state index >= 15 is 0 Å². The normalized spacial score (nSPS) is 11.5. The number of methoxy groups -OCH3 is 1. The molecule has 0 aliphatic carbocycles. The fourth-order valence-corrected chi connectivity index (χ4v) is 2.74. The third-order valence-corrected chi connectivity index (χ3v) is 4.03. The second-order valence-corrected chi connectivity index (χ2v) is 5.77. The fraction of sp³-hybridized carbons (Fsp3) is 0.250. The lowest BCUT2D eigenvalue weighted by Crippen LogP contribution is -2.31. The van der Waals surface area contributed by atoms with Crippen molar-refractivity contribution in [2.75, 3.05) is 13.7 Å². The van der Waals surface area contributed by atoms with Gasteiger partial charge in [0.15, 0.2) is 5.16 Å². The van der Waals surface area contributed by atoms with Gasteiger partial charge in [-0.25, -0.2) is 4.98 Å². The van der Waals surface area contributed by atoms with Gasteiger partial charge >= 0.3 is 0 Å². The number of terminal acetylenes is 1. The number of imidazole rings is 1. The van der Waals surface area contributed by atoms with Crippen LogP contribution < -0.4 is 10.1 Å². The van der Waals surface area contributed by atoms with E-state index in [9.17, 15) is 4.79 Å². The number of nitrogens with one attached hydrogen (secondary N) is 1. The zero-order valence-corrected chi connectivity index (χ0v) is 13.3. The maximum Gasteiger partial charge on any atom is 0.234 e. The average Bonchev–Trinajstić information content (AvgIpc) is 3.00. The Morgan fingerprint density at radius 2 is 2.41 bits per heavy atom. The first-order valence-electron chi connectivity index (χ1n) is 6.71. The van der Waals surface area contributed by atoms with Crippen molar-refractivity contribution >= 4 is 17.7 Å². The number of carbonyl (C=O) groups is 1. The molecule has 0 aliphatic rings. The van der Waals surface area contributed by atoms with E-state index in [-0.39, 0.29) is 17.7 Å². The Morgan fingerprint density at radius 3 is 3.14 bits per heavy atom. The van der Waals surface area contributed by atoms with Crippen LogP contribution in [0.1, 0.15) is 6.92 Å². The van der Waals surface area contributed by atoms with Gasteiger partial charge in [-0.3, -0.25) is 9.36 Å². The predicted molar refractivity (Wildman–Crippen MR) is 87.3 cm³/mol. The maximum absolute atomic E-state index is 11.9. The SMILES string of the molecule is C#CCNC(=O)C(C)Sc1nccn1-c1cccc(OC)c1. The average molecular weight is 315 g/mol. The molecule has 114 valence electrons. The van der Waals surface area contributed by atoms with Crippen LogP contribution in [0.2, 0.25) is 0 Å². The molecule has 5 nitrogen and oxygen atoms in total. The summed E-state index contributed by atoms with van der Waals surface area (Å²) >= 11 is 1.37. The third kappa shape index (κ3) is 3.83. The minimum absolute atomic E-state index is 0.108. The van der Waals surface area contributed by atoms with Crippen molar-refractivity contribution in [1.29, 1.82) is 0 Å². The van der Waals surface area contributed by atoms with Crippen LogP contribution in [0.5, 0.6) is 5.75 Å². The highest BCUT2D eigenvalue weighted by Crippen LogP contribution is 2.26. The van der Waals surface area contributed by atoms with E-state index in [1.54, 1.807) is 13.3 Å². The summed E-state index contributed by atoms with van der Waals surface area (Å²) in [5.41, 5.74) is 0.926. The lowest BCUT2D eigenvalue weighted by atomic mass is 10.3. The Balaban J connectivity index is 2.16. The number of rotatable bonds is 6. The van der Waals surface area contributed by atoms with Gasteiger partial charge in [-0.05, 0) is 19.1 Å². The van der Waals surface area contributed by atoms with E-state index in [4.69, 9.17) is 11.2 Å². The van der Waals surface area contributed by atoms with Crippen LogP contribution in [0.4, 0.5) is 0 Å². The largest absolute Gasteiger partial charge is 0.497 e. The number of amides is 1. The minimum Gasteiger partial charge on any atom is -0.497 e. The number of hydrogen-bond acceptors (Lipinski definition) is 4. The molecule has 1 unspecified atom stereocenters. The van der Waals surface area contributed by atoms with Crippen LogP contribution in [-0.4, -0.2) is 34.4 Å². The molecule has 2 aromatic rings. The molecule has 0 radical (unpaired) electrons. The van der Waals surface area contributed by atoms with Gasteiger partial charge in [-0.2, -0.15) is 0 Å². The molecule has 1 heterocycles.